The fraction of sp³-hybridized carbons (Fsp3) is 0.231. The quantitative estimate of drug-likeness (QED) is 0.831. The van der Waals surface area contributed by atoms with Crippen molar-refractivity contribution in [3.63, 3.8) is 0 Å². The number of anilines is 3. The Morgan fingerprint density at radius 2 is 2.11 bits per heavy atom. The molecule has 0 bridgehead atoms. The van der Waals surface area contributed by atoms with Gasteiger partial charge in [0.1, 0.15) is 18.0 Å². The second-order valence-corrected chi connectivity index (χ2v) is 5.14. The monoisotopic (exact) mass is 354 g/mol. The van der Waals surface area contributed by atoms with E-state index in [2.05, 4.69) is 50.9 Å². The van der Waals surface area contributed by atoms with Gasteiger partial charge in [-0.05, 0) is 53.6 Å². The number of rotatable bonds is 3. The molecule has 0 aliphatic heterocycles. The van der Waals surface area contributed by atoms with Gasteiger partial charge in [-0.25, -0.2) is 9.97 Å². The molecule has 18 heavy (non-hydrogen) atoms. The third-order valence-corrected chi connectivity index (χ3v) is 4.02. The van der Waals surface area contributed by atoms with E-state index in [0.717, 1.165) is 23.5 Å². The minimum absolute atomic E-state index is 0.540. The highest BCUT2D eigenvalue weighted by Gasteiger charge is 2.09. The molecule has 4 nitrogen and oxygen atoms in total. The van der Waals surface area contributed by atoms with Gasteiger partial charge in [-0.2, -0.15) is 0 Å². The standard InChI is InChI=1S/C13H15IN4/c1-3-9-12(15)16-7-17-13(9)18-11-6-4-5-10(14)8(11)2/h4-7H,3H2,1-2H3,(H3,15,16,17,18). The van der Waals surface area contributed by atoms with E-state index in [4.69, 9.17) is 5.73 Å². The number of nitrogen functional groups attached to an aromatic ring is 1. The number of aromatic nitrogens is 2. The summed E-state index contributed by atoms with van der Waals surface area (Å²) in [5.74, 6) is 1.33. The number of benzene rings is 1. The molecule has 0 aliphatic rings. The number of nitrogens with two attached hydrogens (primary N) is 1. The molecule has 2 rings (SSSR count). The zero-order valence-corrected chi connectivity index (χ0v) is 12.5. The van der Waals surface area contributed by atoms with Crippen molar-refractivity contribution >= 4 is 39.9 Å². The van der Waals surface area contributed by atoms with Crippen molar-refractivity contribution < 1.29 is 0 Å². The molecule has 0 saturated heterocycles. The van der Waals surface area contributed by atoms with Gasteiger partial charge in [-0.15, -0.1) is 0 Å². The first-order valence-corrected chi connectivity index (χ1v) is 6.82. The van der Waals surface area contributed by atoms with E-state index < -0.39 is 0 Å². The van der Waals surface area contributed by atoms with Crippen molar-refractivity contribution in [1.82, 2.24) is 9.97 Å². The number of hydrogen-bond donors (Lipinski definition) is 2. The molecule has 1 aromatic carbocycles. The van der Waals surface area contributed by atoms with E-state index in [1.807, 2.05) is 19.1 Å². The van der Waals surface area contributed by atoms with Crippen LogP contribution in [0.2, 0.25) is 0 Å². The SMILES string of the molecule is CCc1c(N)ncnc1Nc1cccc(I)c1C. The van der Waals surface area contributed by atoms with E-state index in [-0.39, 0.29) is 0 Å². The second kappa shape index (κ2) is 5.51. The Kier molecular flexibility index (Phi) is 4.00. The molecule has 2 aromatic rings. The Morgan fingerprint density at radius 1 is 1.33 bits per heavy atom. The summed E-state index contributed by atoms with van der Waals surface area (Å²) in [7, 11) is 0. The molecule has 0 spiro atoms. The van der Waals surface area contributed by atoms with Crippen LogP contribution in [0.15, 0.2) is 24.5 Å². The average Bonchev–Trinajstić information content (AvgIpc) is 2.35. The molecule has 94 valence electrons. The third kappa shape index (κ3) is 2.55. The summed E-state index contributed by atoms with van der Waals surface area (Å²) in [6, 6.07) is 6.14. The summed E-state index contributed by atoms with van der Waals surface area (Å²) in [6.07, 6.45) is 2.29. The summed E-state index contributed by atoms with van der Waals surface area (Å²) in [6.45, 7) is 4.13. The van der Waals surface area contributed by atoms with Crippen molar-refractivity contribution in [2.45, 2.75) is 20.3 Å². The molecule has 5 heteroatoms. The normalized spacial score (nSPS) is 10.4. The molecule has 1 heterocycles. The Balaban J connectivity index is 2.40. The molecule has 0 saturated carbocycles. The summed E-state index contributed by atoms with van der Waals surface area (Å²) < 4.78 is 1.22. The largest absolute Gasteiger partial charge is 0.383 e. The number of halogens is 1. The van der Waals surface area contributed by atoms with Crippen LogP contribution in [0, 0.1) is 10.5 Å². The van der Waals surface area contributed by atoms with Crippen molar-refractivity contribution in [3.05, 3.63) is 39.2 Å². The zero-order chi connectivity index (χ0) is 13.1. The molecule has 3 N–H and O–H groups in total. The number of nitrogens with zero attached hydrogens (tertiary/aromatic N) is 2. The van der Waals surface area contributed by atoms with Crippen LogP contribution in [-0.2, 0) is 6.42 Å². The van der Waals surface area contributed by atoms with Crippen LogP contribution < -0.4 is 11.1 Å². The van der Waals surface area contributed by atoms with Gasteiger partial charge in [-0.3, -0.25) is 0 Å². The van der Waals surface area contributed by atoms with Gasteiger partial charge in [0.25, 0.3) is 0 Å². The lowest BCUT2D eigenvalue weighted by molar-refractivity contribution is 1.06. The van der Waals surface area contributed by atoms with E-state index in [0.29, 0.717) is 5.82 Å². The van der Waals surface area contributed by atoms with Crippen molar-refractivity contribution in [2.24, 2.45) is 0 Å². The van der Waals surface area contributed by atoms with Gasteiger partial charge in [0, 0.05) is 14.8 Å². The molecule has 1 aromatic heterocycles. The maximum Gasteiger partial charge on any atom is 0.139 e. The summed E-state index contributed by atoms with van der Waals surface area (Å²) in [4.78, 5) is 8.29. The number of hydrogen-bond acceptors (Lipinski definition) is 4. The van der Waals surface area contributed by atoms with E-state index in [9.17, 15) is 0 Å². The first kappa shape index (κ1) is 13.1. The van der Waals surface area contributed by atoms with Crippen molar-refractivity contribution in [2.75, 3.05) is 11.1 Å². The molecule has 0 unspecified atom stereocenters. The highest BCUT2D eigenvalue weighted by molar-refractivity contribution is 14.1. The third-order valence-electron chi connectivity index (χ3n) is 2.85. The lowest BCUT2D eigenvalue weighted by Gasteiger charge is -2.13. The zero-order valence-electron chi connectivity index (χ0n) is 10.4. The van der Waals surface area contributed by atoms with Crippen LogP contribution in [0.5, 0.6) is 0 Å². The molecule has 0 fully saturated rings. The highest BCUT2D eigenvalue weighted by Crippen LogP contribution is 2.26. The van der Waals surface area contributed by atoms with Crippen LogP contribution in [-0.4, -0.2) is 9.97 Å². The fourth-order valence-electron chi connectivity index (χ4n) is 1.75. The van der Waals surface area contributed by atoms with Gasteiger partial charge < -0.3 is 11.1 Å². The molecular weight excluding hydrogens is 339 g/mol. The van der Waals surface area contributed by atoms with Gasteiger partial charge in [0.15, 0.2) is 0 Å². The summed E-state index contributed by atoms with van der Waals surface area (Å²) in [5.41, 5.74) is 9.07. The molecule has 0 aliphatic carbocycles. The van der Waals surface area contributed by atoms with Crippen molar-refractivity contribution in [1.29, 1.82) is 0 Å². The lowest BCUT2D eigenvalue weighted by atomic mass is 10.1. The van der Waals surface area contributed by atoms with Gasteiger partial charge in [0.2, 0.25) is 0 Å². The fourth-order valence-corrected chi connectivity index (χ4v) is 2.25. The first-order chi connectivity index (χ1) is 8.63. The van der Waals surface area contributed by atoms with E-state index in [1.165, 1.54) is 15.5 Å². The van der Waals surface area contributed by atoms with Crippen LogP contribution in [0.25, 0.3) is 0 Å². The maximum atomic E-state index is 5.86. The minimum Gasteiger partial charge on any atom is -0.383 e. The van der Waals surface area contributed by atoms with E-state index >= 15 is 0 Å². The van der Waals surface area contributed by atoms with Crippen LogP contribution in [0.4, 0.5) is 17.3 Å². The number of nitrogens with one attached hydrogen (secondary N) is 1. The van der Waals surface area contributed by atoms with Gasteiger partial charge >= 0.3 is 0 Å². The van der Waals surface area contributed by atoms with Gasteiger partial charge in [0.05, 0.1) is 0 Å². The second-order valence-electron chi connectivity index (χ2n) is 3.98. The lowest BCUT2D eigenvalue weighted by Crippen LogP contribution is -2.05. The Hall–Kier alpha value is -1.37. The topological polar surface area (TPSA) is 63.8 Å². The Bertz CT molecular complexity index is 569. The molecular formula is C13H15IN4. The van der Waals surface area contributed by atoms with Crippen LogP contribution in [0.1, 0.15) is 18.1 Å². The average molecular weight is 354 g/mol. The van der Waals surface area contributed by atoms with Gasteiger partial charge in [-0.1, -0.05) is 13.0 Å². The van der Waals surface area contributed by atoms with Crippen LogP contribution in [0.3, 0.4) is 0 Å². The summed E-state index contributed by atoms with van der Waals surface area (Å²) in [5, 5.41) is 3.34. The molecule has 0 amide bonds. The Morgan fingerprint density at radius 3 is 2.83 bits per heavy atom. The first-order valence-electron chi connectivity index (χ1n) is 5.75. The van der Waals surface area contributed by atoms with Crippen molar-refractivity contribution in [3.8, 4) is 0 Å². The van der Waals surface area contributed by atoms with Crippen LogP contribution >= 0.6 is 22.6 Å². The molecule has 0 atom stereocenters. The van der Waals surface area contributed by atoms with E-state index in [1.54, 1.807) is 0 Å². The maximum absolute atomic E-state index is 5.86. The highest BCUT2D eigenvalue weighted by atomic mass is 127. The summed E-state index contributed by atoms with van der Waals surface area (Å²) >= 11 is 2.32. The molecule has 0 radical (unpaired) electrons. The predicted molar refractivity (Wildman–Crippen MR) is 83.0 cm³/mol. The predicted octanol–water partition coefficient (Wildman–Crippen LogP) is 3.28. The minimum atomic E-state index is 0.540. The Labute approximate surface area is 120 Å². The smallest absolute Gasteiger partial charge is 0.139 e.